The van der Waals surface area contributed by atoms with Crippen LogP contribution in [-0.2, 0) is 36.1 Å². The third kappa shape index (κ3) is 8.81. The Hall–Kier alpha value is -4.38. The minimum Gasteiger partial charge on any atom is -0.502 e. The minimum absolute atomic E-state index is 0. The first-order valence-corrected chi connectivity index (χ1v) is 10.7. The third-order valence-corrected chi connectivity index (χ3v) is 4.42. The predicted octanol–water partition coefficient (Wildman–Crippen LogP) is 5.14. The molecule has 0 aliphatic heterocycles. The summed E-state index contributed by atoms with van der Waals surface area (Å²) in [6.07, 6.45) is -0.00740. The van der Waals surface area contributed by atoms with Gasteiger partial charge in [0, 0.05) is 29.2 Å². The molecule has 2 aromatic carbocycles. The molecular formula is C24H14CuF10O8. The fourth-order valence-corrected chi connectivity index (χ4v) is 2.56. The molecule has 43 heavy (non-hydrogen) atoms. The molecule has 0 aliphatic rings. The molecule has 0 aromatic heterocycles. The number of ketones is 2. The Balaban J connectivity index is 0.000000802. The standard InChI is InChI=1S/2C12H7F5O4.Cu/c2*1-2-21-12(20)5(19)3-4(18)6-7(13)9(15)11(17)10(16)8(6)14;/h2*3,19H,2H2,1H3;/b2*5-3-;. The van der Waals surface area contributed by atoms with E-state index in [4.69, 9.17) is 10.2 Å². The number of carbonyl (C=O) groups is 4. The smallest absolute Gasteiger partial charge is 0.373 e. The summed E-state index contributed by atoms with van der Waals surface area (Å²) in [6.45, 7) is 2.40. The molecule has 1 radical (unpaired) electrons. The van der Waals surface area contributed by atoms with Crippen LogP contribution in [0.1, 0.15) is 34.6 Å². The molecule has 0 aliphatic carbocycles. The van der Waals surface area contributed by atoms with E-state index < -0.39 is 104 Å². The van der Waals surface area contributed by atoms with E-state index in [1.165, 1.54) is 13.8 Å². The summed E-state index contributed by atoms with van der Waals surface area (Å²) >= 11 is 0. The number of esters is 2. The maximum absolute atomic E-state index is 13.3. The van der Waals surface area contributed by atoms with Crippen LogP contribution in [0.25, 0.3) is 0 Å². The first-order chi connectivity index (χ1) is 19.4. The largest absolute Gasteiger partial charge is 0.502 e. The summed E-state index contributed by atoms with van der Waals surface area (Å²) in [5.41, 5.74) is -3.58. The number of allylic oxidation sites excluding steroid dienone is 2. The van der Waals surface area contributed by atoms with E-state index in [1.807, 2.05) is 0 Å². The quantitative estimate of drug-likeness (QED) is 0.0573. The molecule has 0 amide bonds. The van der Waals surface area contributed by atoms with Crippen LogP contribution in [-0.4, -0.2) is 46.9 Å². The molecule has 0 saturated heterocycles. The van der Waals surface area contributed by atoms with Crippen LogP contribution in [0.3, 0.4) is 0 Å². The van der Waals surface area contributed by atoms with Gasteiger partial charge in [-0.15, -0.1) is 0 Å². The summed E-state index contributed by atoms with van der Waals surface area (Å²) < 4.78 is 139. The molecule has 0 heterocycles. The van der Waals surface area contributed by atoms with Crippen LogP contribution in [0.4, 0.5) is 43.9 Å². The van der Waals surface area contributed by atoms with Gasteiger partial charge < -0.3 is 19.7 Å². The number of hydrogen-bond acceptors (Lipinski definition) is 8. The van der Waals surface area contributed by atoms with E-state index in [2.05, 4.69) is 9.47 Å². The summed E-state index contributed by atoms with van der Waals surface area (Å²) in [6, 6.07) is 0. The van der Waals surface area contributed by atoms with Crippen LogP contribution in [0, 0.1) is 58.2 Å². The van der Waals surface area contributed by atoms with Gasteiger partial charge in [-0.05, 0) is 13.8 Å². The summed E-state index contributed by atoms with van der Waals surface area (Å²) in [4.78, 5) is 44.8. The Kier molecular flexibility index (Phi) is 14.6. The Labute approximate surface area is 243 Å². The van der Waals surface area contributed by atoms with Crippen molar-refractivity contribution in [3.05, 3.63) is 93.0 Å². The second kappa shape index (κ2) is 16.3. The van der Waals surface area contributed by atoms with Gasteiger partial charge in [0.25, 0.3) is 0 Å². The van der Waals surface area contributed by atoms with Crippen LogP contribution in [0.15, 0.2) is 23.7 Å². The third-order valence-electron chi connectivity index (χ3n) is 4.42. The van der Waals surface area contributed by atoms with Gasteiger partial charge in [-0.1, -0.05) is 0 Å². The molecule has 2 N–H and O–H groups in total. The average Bonchev–Trinajstić information content (AvgIpc) is 2.93. The van der Waals surface area contributed by atoms with E-state index in [-0.39, 0.29) is 42.4 Å². The van der Waals surface area contributed by atoms with Crippen LogP contribution in [0.5, 0.6) is 0 Å². The maximum atomic E-state index is 13.3. The van der Waals surface area contributed by atoms with Gasteiger partial charge in [0.2, 0.25) is 23.2 Å². The number of carbonyl (C=O) groups excluding carboxylic acids is 4. The summed E-state index contributed by atoms with van der Waals surface area (Å²) in [7, 11) is 0. The molecule has 239 valence electrons. The maximum Gasteiger partial charge on any atom is 0.373 e. The van der Waals surface area contributed by atoms with Crippen molar-refractivity contribution in [1.82, 2.24) is 0 Å². The predicted molar refractivity (Wildman–Crippen MR) is 116 cm³/mol. The fourth-order valence-electron chi connectivity index (χ4n) is 2.56. The molecule has 0 spiro atoms. The Morgan fingerprint density at radius 3 is 0.930 bits per heavy atom. The average molecular weight is 684 g/mol. The van der Waals surface area contributed by atoms with Gasteiger partial charge in [-0.25, -0.2) is 53.5 Å². The van der Waals surface area contributed by atoms with E-state index in [9.17, 15) is 63.1 Å². The molecule has 0 fully saturated rings. The second-order valence-corrected chi connectivity index (χ2v) is 7.12. The van der Waals surface area contributed by atoms with Crippen molar-refractivity contribution in [3.8, 4) is 0 Å². The van der Waals surface area contributed by atoms with E-state index in [0.717, 1.165) is 0 Å². The number of rotatable bonds is 8. The molecule has 0 bridgehead atoms. The number of hydrogen-bond donors (Lipinski definition) is 2. The monoisotopic (exact) mass is 683 g/mol. The zero-order chi connectivity index (χ0) is 32.6. The second-order valence-electron chi connectivity index (χ2n) is 7.12. The number of aliphatic hydroxyl groups excluding tert-OH is 2. The van der Waals surface area contributed by atoms with Gasteiger partial charge in [0.05, 0.1) is 24.3 Å². The first kappa shape index (κ1) is 38.6. The van der Waals surface area contributed by atoms with E-state index >= 15 is 0 Å². The normalized spacial score (nSPS) is 11.2. The van der Waals surface area contributed by atoms with E-state index in [1.54, 1.807) is 0 Å². The topological polar surface area (TPSA) is 127 Å². The Bertz CT molecular complexity index is 1340. The fraction of sp³-hybridized carbons (Fsp3) is 0.167. The Morgan fingerprint density at radius 1 is 0.512 bits per heavy atom. The number of benzene rings is 2. The molecule has 0 saturated carbocycles. The van der Waals surface area contributed by atoms with Gasteiger partial charge in [-0.3, -0.25) is 9.59 Å². The molecule has 0 atom stereocenters. The van der Waals surface area contributed by atoms with Gasteiger partial charge in [0.15, 0.2) is 58.1 Å². The van der Waals surface area contributed by atoms with Gasteiger partial charge in [-0.2, -0.15) is 0 Å². The molecule has 8 nitrogen and oxygen atoms in total. The van der Waals surface area contributed by atoms with Crippen LogP contribution < -0.4 is 0 Å². The van der Waals surface area contributed by atoms with Crippen molar-refractivity contribution in [2.24, 2.45) is 0 Å². The van der Waals surface area contributed by atoms with Crippen molar-refractivity contribution >= 4 is 23.5 Å². The van der Waals surface area contributed by atoms with Crippen molar-refractivity contribution in [2.75, 3.05) is 13.2 Å². The van der Waals surface area contributed by atoms with Crippen LogP contribution >= 0.6 is 0 Å². The van der Waals surface area contributed by atoms with Crippen molar-refractivity contribution in [1.29, 1.82) is 0 Å². The summed E-state index contributed by atoms with van der Waals surface area (Å²) in [5, 5.41) is 18.2. The van der Waals surface area contributed by atoms with Gasteiger partial charge >= 0.3 is 11.9 Å². The zero-order valence-corrected chi connectivity index (χ0v) is 21.9. The Morgan fingerprint density at radius 2 is 0.721 bits per heavy atom. The van der Waals surface area contributed by atoms with Crippen molar-refractivity contribution < 1.29 is 99.8 Å². The summed E-state index contributed by atoms with van der Waals surface area (Å²) in [5.74, 6) is -32.7. The zero-order valence-electron chi connectivity index (χ0n) is 21.0. The first-order valence-electron chi connectivity index (χ1n) is 10.7. The number of ether oxygens (including phenoxy) is 2. The van der Waals surface area contributed by atoms with E-state index in [0.29, 0.717) is 0 Å². The SMILES string of the molecule is CCOC(=O)/C(O)=C/C(=O)c1c(F)c(F)c(F)c(F)c1F.CCOC(=O)/C(O)=C/C(=O)c1c(F)c(F)c(F)c(F)c1F.[Cu]. The number of halogens is 10. The van der Waals surface area contributed by atoms with Gasteiger partial charge in [0.1, 0.15) is 0 Å². The molecule has 19 heteroatoms. The molecule has 2 rings (SSSR count). The molecule has 0 unspecified atom stereocenters. The van der Waals surface area contributed by atoms with Crippen molar-refractivity contribution in [3.63, 3.8) is 0 Å². The number of aliphatic hydroxyl groups is 2. The van der Waals surface area contributed by atoms with Crippen molar-refractivity contribution in [2.45, 2.75) is 13.8 Å². The minimum atomic E-state index is -2.43. The molecule has 2 aromatic rings. The molecular weight excluding hydrogens is 670 g/mol. The van der Waals surface area contributed by atoms with Crippen LogP contribution in [0.2, 0.25) is 0 Å².